The van der Waals surface area contributed by atoms with Crippen molar-refractivity contribution < 1.29 is 4.74 Å². The maximum absolute atomic E-state index is 5.48. The molecule has 2 fully saturated rings. The number of hydrogen-bond donors (Lipinski definition) is 1. The van der Waals surface area contributed by atoms with Crippen LogP contribution < -0.4 is 10.2 Å². The monoisotopic (exact) mass is 338 g/mol. The van der Waals surface area contributed by atoms with E-state index in [4.69, 9.17) is 4.74 Å². The number of anilines is 2. The summed E-state index contributed by atoms with van der Waals surface area (Å²) in [5.74, 6) is 3.10. The van der Waals surface area contributed by atoms with Gasteiger partial charge in [0.25, 0.3) is 0 Å². The van der Waals surface area contributed by atoms with Crippen LogP contribution in [0.3, 0.4) is 0 Å². The Balaban J connectivity index is 1.12. The smallest absolute Gasteiger partial charge is 0.151 e. The number of nitrogens with one attached hydrogen (secondary N) is 1. The first-order chi connectivity index (χ1) is 12.3. The molecule has 7 nitrogen and oxygen atoms in total. The Morgan fingerprint density at radius 3 is 2.84 bits per heavy atom. The van der Waals surface area contributed by atoms with Crippen molar-refractivity contribution in [2.24, 2.45) is 5.92 Å². The van der Waals surface area contributed by atoms with Crippen molar-refractivity contribution in [1.82, 2.24) is 20.4 Å². The summed E-state index contributed by atoms with van der Waals surface area (Å²) < 4.78 is 5.48. The summed E-state index contributed by atoms with van der Waals surface area (Å²) in [4.78, 5) is 2.28. The Labute approximate surface area is 146 Å². The summed E-state index contributed by atoms with van der Waals surface area (Å²) in [5, 5.41) is 20.7. The minimum Gasteiger partial charge on any atom is -0.376 e. The number of ether oxygens (including phenoxy) is 1. The second-order valence-corrected chi connectivity index (χ2v) is 7.25. The standard InChI is InChI=1S/C18H22N6O/c1-2-13(1)15-3-4-18(23-21-15)24-9-12(10-24)8-19-17-7-14-11-25-6-5-16(14)20-22-17/h3-4,7,12-13H,1-2,5-6,8-11H2,(H,19,22). The molecule has 130 valence electrons. The molecule has 2 aliphatic heterocycles. The van der Waals surface area contributed by atoms with Gasteiger partial charge in [-0.15, -0.1) is 10.2 Å². The zero-order chi connectivity index (χ0) is 16.6. The van der Waals surface area contributed by atoms with E-state index in [1.165, 1.54) is 12.8 Å². The first-order valence-corrected chi connectivity index (χ1v) is 9.11. The lowest BCUT2D eigenvalue weighted by atomic mass is 10.00. The van der Waals surface area contributed by atoms with Crippen LogP contribution in [-0.2, 0) is 17.8 Å². The van der Waals surface area contributed by atoms with Gasteiger partial charge in [0.05, 0.1) is 24.6 Å². The van der Waals surface area contributed by atoms with Gasteiger partial charge in [0.15, 0.2) is 5.82 Å². The summed E-state index contributed by atoms with van der Waals surface area (Å²) in [6, 6.07) is 6.32. The van der Waals surface area contributed by atoms with Crippen LogP contribution in [0.2, 0.25) is 0 Å². The SMILES string of the molecule is c1cc(N2CC(CNc3cc4c(nn3)CCOC4)C2)nnc1C1CC1. The Hall–Kier alpha value is -2.28. The van der Waals surface area contributed by atoms with Crippen LogP contribution in [0.15, 0.2) is 18.2 Å². The highest BCUT2D eigenvalue weighted by Crippen LogP contribution is 2.39. The third-order valence-corrected chi connectivity index (χ3v) is 5.22. The molecule has 1 N–H and O–H groups in total. The Morgan fingerprint density at radius 1 is 1.12 bits per heavy atom. The van der Waals surface area contributed by atoms with Gasteiger partial charge in [0, 0.05) is 43.5 Å². The molecule has 2 aromatic heterocycles. The normalized spacial score (nSPS) is 20.1. The largest absolute Gasteiger partial charge is 0.376 e. The van der Waals surface area contributed by atoms with Crippen molar-refractivity contribution in [3.63, 3.8) is 0 Å². The summed E-state index contributed by atoms with van der Waals surface area (Å²) >= 11 is 0. The lowest BCUT2D eigenvalue weighted by Crippen LogP contribution is -2.50. The lowest BCUT2D eigenvalue weighted by molar-refractivity contribution is 0.109. The molecule has 0 bridgehead atoms. The second kappa shape index (κ2) is 6.22. The maximum Gasteiger partial charge on any atom is 0.151 e. The second-order valence-electron chi connectivity index (χ2n) is 7.25. The van der Waals surface area contributed by atoms with Crippen molar-refractivity contribution in [3.8, 4) is 0 Å². The van der Waals surface area contributed by atoms with Crippen molar-refractivity contribution in [1.29, 1.82) is 0 Å². The topological polar surface area (TPSA) is 76.1 Å². The van der Waals surface area contributed by atoms with Crippen molar-refractivity contribution >= 4 is 11.6 Å². The molecule has 0 aromatic carbocycles. The van der Waals surface area contributed by atoms with Gasteiger partial charge in [0.1, 0.15) is 5.82 Å². The summed E-state index contributed by atoms with van der Waals surface area (Å²) in [7, 11) is 0. The number of nitrogens with zero attached hydrogens (tertiary/aromatic N) is 5. The number of hydrogen-bond acceptors (Lipinski definition) is 7. The quantitative estimate of drug-likeness (QED) is 0.890. The number of aromatic nitrogens is 4. The molecule has 3 aliphatic rings. The molecule has 2 aromatic rings. The number of fused-ring (bicyclic) bond motifs is 1. The van der Waals surface area contributed by atoms with Crippen LogP contribution in [0.1, 0.15) is 35.7 Å². The molecule has 0 amide bonds. The molecule has 25 heavy (non-hydrogen) atoms. The van der Waals surface area contributed by atoms with E-state index < -0.39 is 0 Å². The van der Waals surface area contributed by atoms with Crippen LogP contribution in [0, 0.1) is 5.92 Å². The van der Waals surface area contributed by atoms with Gasteiger partial charge >= 0.3 is 0 Å². The molecule has 5 rings (SSSR count). The Kier molecular flexibility index (Phi) is 3.73. The summed E-state index contributed by atoms with van der Waals surface area (Å²) in [5.41, 5.74) is 3.38. The molecule has 4 heterocycles. The van der Waals surface area contributed by atoms with Gasteiger partial charge in [0.2, 0.25) is 0 Å². The highest BCUT2D eigenvalue weighted by molar-refractivity contribution is 5.43. The Morgan fingerprint density at radius 2 is 2.04 bits per heavy atom. The van der Waals surface area contributed by atoms with E-state index in [1.807, 2.05) is 0 Å². The maximum atomic E-state index is 5.48. The molecular formula is C18H22N6O. The highest BCUT2D eigenvalue weighted by Gasteiger charge is 2.29. The fourth-order valence-electron chi connectivity index (χ4n) is 3.46. The van der Waals surface area contributed by atoms with E-state index in [0.717, 1.165) is 61.2 Å². The van der Waals surface area contributed by atoms with Gasteiger partial charge in [-0.05, 0) is 31.0 Å². The van der Waals surface area contributed by atoms with E-state index >= 15 is 0 Å². The van der Waals surface area contributed by atoms with Gasteiger partial charge in [-0.2, -0.15) is 10.2 Å². The molecule has 1 saturated carbocycles. The van der Waals surface area contributed by atoms with Crippen molar-refractivity contribution in [3.05, 3.63) is 35.2 Å². The molecule has 0 atom stereocenters. The van der Waals surface area contributed by atoms with E-state index in [-0.39, 0.29) is 0 Å². The average molecular weight is 338 g/mol. The van der Waals surface area contributed by atoms with Crippen LogP contribution in [-0.4, -0.2) is 46.6 Å². The van der Waals surface area contributed by atoms with Crippen LogP contribution in [0.4, 0.5) is 11.6 Å². The zero-order valence-corrected chi connectivity index (χ0v) is 14.2. The van der Waals surface area contributed by atoms with E-state index in [0.29, 0.717) is 18.4 Å². The predicted octanol–water partition coefficient (Wildman–Crippen LogP) is 1.76. The van der Waals surface area contributed by atoms with E-state index in [1.54, 1.807) is 0 Å². The van der Waals surface area contributed by atoms with Crippen LogP contribution >= 0.6 is 0 Å². The van der Waals surface area contributed by atoms with Gasteiger partial charge < -0.3 is 15.0 Å². The van der Waals surface area contributed by atoms with Gasteiger partial charge in [-0.1, -0.05) is 0 Å². The van der Waals surface area contributed by atoms with E-state index in [2.05, 4.69) is 48.8 Å². The fourth-order valence-corrected chi connectivity index (χ4v) is 3.46. The predicted molar refractivity (Wildman–Crippen MR) is 93.6 cm³/mol. The minimum atomic E-state index is 0.596. The molecule has 0 radical (unpaired) electrons. The third-order valence-electron chi connectivity index (χ3n) is 5.22. The van der Waals surface area contributed by atoms with Crippen molar-refractivity contribution in [2.75, 3.05) is 36.5 Å². The molecule has 0 spiro atoms. The fraction of sp³-hybridized carbons (Fsp3) is 0.556. The van der Waals surface area contributed by atoms with Gasteiger partial charge in [-0.25, -0.2) is 0 Å². The Bertz CT molecular complexity index is 755. The first-order valence-electron chi connectivity index (χ1n) is 9.11. The highest BCUT2D eigenvalue weighted by atomic mass is 16.5. The molecule has 7 heteroatoms. The molecule has 1 saturated heterocycles. The van der Waals surface area contributed by atoms with Gasteiger partial charge in [-0.3, -0.25) is 0 Å². The average Bonchev–Trinajstić information content (AvgIpc) is 3.46. The summed E-state index contributed by atoms with van der Waals surface area (Å²) in [6.07, 6.45) is 3.40. The molecular weight excluding hydrogens is 316 g/mol. The summed E-state index contributed by atoms with van der Waals surface area (Å²) in [6.45, 7) is 4.30. The molecule has 0 unspecified atom stereocenters. The lowest BCUT2D eigenvalue weighted by Gasteiger charge is -2.40. The molecule has 1 aliphatic carbocycles. The van der Waals surface area contributed by atoms with Crippen LogP contribution in [0.5, 0.6) is 0 Å². The minimum absolute atomic E-state index is 0.596. The first kappa shape index (κ1) is 15.0. The number of rotatable bonds is 5. The van der Waals surface area contributed by atoms with Crippen molar-refractivity contribution in [2.45, 2.75) is 31.8 Å². The third kappa shape index (κ3) is 3.16. The van der Waals surface area contributed by atoms with E-state index in [9.17, 15) is 0 Å². The van der Waals surface area contributed by atoms with Crippen LogP contribution in [0.25, 0.3) is 0 Å². The zero-order valence-electron chi connectivity index (χ0n) is 14.2.